The van der Waals surface area contributed by atoms with Gasteiger partial charge in [-0.05, 0) is 37.1 Å². The molecule has 20 heavy (non-hydrogen) atoms. The van der Waals surface area contributed by atoms with E-state index in [2.05, 4.69) is 0 Å². The van der Waals surface area contributed by atoms with Crippen LogP contribution < -0.4 is 9.47 Å². The minimum atomic E-state index is -0.260. The summed E-state index contributed by atoms with van der Waals surface area (Å²) in [6.07, 6.45) is -0.0955. The summed E-state index contributed by atoms with van der Waals surface area (Å²) < 4.78 is 16.4. The van der Waals surface area contributed by atoms with Crippen LogP contribution in [0.25, 0.3) is 0 Å². The molecule has 2 unspecified atom stereocenters. The molecule has 1 aromatic rings. The predicted molar refractivity (Wildman–Crippen MR) is 78.1 cm³/mol. The molecule has 4 nitrogen and oxygen atoms in total. The molecule has 0 aliphatic rings. The second kappa shape index (κ2) is 7.78. The third-order valence-corrected chi connectivity index (χ3v) is 3.06. The number of benzene rings is 1. The van der Waals surface area contributed by atoms with Crippen LogP contribution in [0.1, 0.15) is 34.1 Å². The summed E-state index contributed by atoms with van der Waals surface area (Å²) in [6.45, 7) is 7.73. The average Bonchev–Trinajstić information content (AvgIpc) is 2.44. The van der Waals surface area contributed by atoms with E-state index in [4.69, 9.17) is 14.2 Å². The van der Waals surface area contributed by atoms with Gasteiger partial charge in [-0.3, -0.25) is 4.79 Å². The lowest BCUT2D eigenvalue weighted by Crippen LogP contribution is -2.37. The first kappa shape index (κ1) is 16.3. The molecule has 0 saturated carbocycles. The van der Waals surface area contributed by atoms with Crippen molar-refractivity contribution < 1.29 is 19.0 Å². The van der Waals surface area contributed by atoms with Crippen LogP contribution >= 0.6 is 0 Å². The van der Waals surface area contributed by atoms with E-state index in [1.807, 2.05) is 45.0 Å². The maximum Gasteiger partial charge on any atom is 0.305 e. The first-order valence-corrected chi connectivity index (χ1v) is 6.98. The standard InChI is InChI=1S/C16H24O4/c1-6-15(17)20-16(11(2)3)12(4)19-14-9-7-13(18-5)8-10-14/h7-12,16H,6H2,1-5H3. The lowest BCUT2D eigenvalue weighted by molar-refractivity contribution is -0.156. The summed E-state index contributed by atoms with van der Waals surface area (Å²) in [4.78, 5) is 11.5. The molecule has 0 N–H and O–H groups in total. The Balaban J connectivity index is 2.69. The van der Waals surface area contributed by atoms with Gasteiger partial charge in [-0.2, -0.15) is 0 Å². The van der Waals surface area contributed by atoms with E-state index in [1.165, 1.54) is 0 Å². The zero-order chi connectivity index (χ0) is 15.1. The zero-order valence-corrected chi connectivity index (χ0v) is 12.9. The maximum atomic E-state index is 11.5. The summed E-state index contributed by atoms with van der Waals surface area (Å²) in [5.74, 6) is 1.51. The summed E-state index contributed by atoms with van der Waals surface area (Å²) in [5, 5.41) is 0. The van der Waals surface area contributed by atoms with Crippen molar-refractivity contribution in [1.29, 1.82) is 0 Å². The zero-order valence-electron chi connectivity index (χ0n) is 12.9. The summed E-state index contributed by atoms with van der Waals surface area (Å²) in [7, 11) is 1.62. The predicted octanol–water partition coefficient (Wildman–Crippen LogP) is 3.44. The molecule has 112 valence electrons. The van der Waals surface area contributed by atoms with Crippen molar-refractivity contribution in [3.8, 4) is 11.5 Å². The highest BCUT2D eigenvalue weighted by Gasteiger charge is 2.26. The third kappa shape index (κ3) is 4.76. The Morgan fingerprint density at radius 2 is 1.65 bits per heavy atom. The molecule has 2 atom stereocenters. The van der Waals surface area contributed by atoms with Gasteiger partial charge in [0, 0.05) is 6.42 Å². The Labute approximate surface area is 121 Å². The Morgan fingerprint density at radius 1 is 1.10 bits per heavy atom. The van der Waals surface area contributed by atoms with Gasteiger partial charge in [-0.1, -0.05) is 20.8 Å². The number of hydrogen-bond donors (Lipinski definition) is 0. The van der Waals surface area contributed by atoms with Crippen LogP contribution in [0.15, 0.2) is 24.3 Å². The number of carbonyl (C=O) groups is 1. The molecule has 0 radical (unpaired) electrons. The molecule has 0 aromatic heterocycles. The van der Waals surface area contributed by atoms with Crippen molar-refractivity contribution in [2.45, 2.75) is 46.3 Å². The number of esters is 1. The number of carbonyl (C=O) groups excluding carboxylic acids is 1. The van der Waals surface area contributed by atoms with E-state index in [1.54, 1.807) is 14.0 Å². The molecule has 0 spiro atoms. The lowest BCUT2D eigenvalue weighted by atomic mass is 10.0. The molecular weight excluding hydrogens is 256 g/mol. The first-order valence-electron chi connectivity index (χ1n) is 6.98. The summed E-state index contributed by atoms with van der Waals surface area (Å²) >= 11 is 0. The fourth-order valence-corrected chi connectivity index (χ4v) is 1.95. The molecule has 0 aliphatic heterocycles. The molecule has 0 heterocycles. The monoisotopic (exact) mass is 280 g/mol. The van der Waals surface area contributed by atoms with Crippen molar-refractivity contribution in [3.05, 3.63) is 24.3 Å². The number of rotatable bonds is 7. The molecule has 0 amide bonds. The van der Waals surface area contributed by atoms with Gasteiger partial charge < -0.3 is 14.2 Å². The van der Waals surface area contributed by atoms with Crippen LogP contribution in [-0.4, -0.2) is 25.3 Å². The molecule has 4 heteroatoms. The van der Waals surface area contributed by atoms with Gasteiger partial charge in [0.25, 0.3) is 0 Å². The van der Waals surface area contributed by atoms with Gasteiger partial charge in [0.2, 0.25) is 0 Å². The second-order valence-corrected chi connectivity index (χ2v) is 5.05. The van der Waals surface area contributed by atoms with Gasteiger partial charge in [-0.25, -0.2) is 0 Å². The molecule has 1 aromatic carbocycles. The molecular formula is C16H24O4. The number of ether oxygens (including phenoxy) is 3. The highest BCUT2D eigenvalue weighted by atomic mass is 16.6. The fraction of sp³-hybridized carbons (Fsp3) is 0.562. The third-order valence-electron chi connectivity index (χ3n) is 3.06. The van der Waals surface area contributed by atoms with Gasteiger partial charge in [0.1, 0.15) is 23.7 Å². The van der Waals surface area contributed by atoms with Crippen molar-refractivity contribution in [3.63, 3.8) is 0 Å². The summed E-state index contributed by atoms with van der Waals surface area (Å²) in [5.41, 5.74) is 0. The van der Waals surface area contributed by atoms with Crippen molar-refractivity contribution in [2.24, 2.45) is 5.92 Å². The smallest absolute Gasteiger partial charge is 0.305 e. The van der Waals surface area contributed by atoms with Gasteiger partial charge >= 0.3 is 5.97 Å². The Morgan fingerprint density at radius 3 is 2.10 bits per heavy atom. The topological polar surface area (TPSA) is 44.8 Å². The van der Waals surface area contributed by atoms with Crippen LogP contribution in [0.2, 0.25) is 0 Å². The average molecular weight is 280 g/mol. The fourth-order valence-electron chi connectivity index (χ4n) is 1.95. The Kier molecular flexibility index (Phi) is 6.36. The number of methoxy groups -OCH3 is 1. The Bertz CT molecular complexity index is 411. The molecule has 1 rings (SSSR count). The van der Waals surface area contributed by atoms with Crippen molar-refractivity contribution >= 4 is 5.97 Å². The molecule has 0 fully saturated rings. The van der Waals surface area contributed by atoms with Crippen LogP contribution in [0.3, 0.4) is 0 Å². The normalized spacial score (nSPS) is 13.7. The minimum absolute atomic E-state index is 0.193. The Hall–Kier alpha value is -1.71. The van der Waals surface area contributed by atoms with Crippen LogP contribution in [0.5, 0.6) is 11.5 Å². The van der Waals surface area contributed by atoms with Gasteiger partial charge in [-0.15, -0.1) is 0 Å². The molecule has 0 saturated heterocycles. The lowest BCUT2D eigenvalue weighted by Gasteiger charge is -2.27. The van der Waals surface area contributed by atoms with E-state index >= 15 is 0 Å². The van der Waals surface area contributed by atoms with E-state index in [0.717, 1.165) is 11.5 Å². The first-order chi connectivity index (χ1) is 9.47. The molecule has 0 aliphatic carbocycles. The quantitative estimate of drug-likeness (QED) is 0.718. The highest BCUT2D eigenvalue weighted by molar-refractivity contribution is 5.69. The van der Waals surface area contributed by atoms with E-state index in [0.29, 0.717) is 6.42 Å². The highest BCUT2D eigenvalue weighted by Crippen LogP contribution is 2.21. The van der Waals surface area contributed by atoms with E-state index < -0.39 is 0 Å². The molecule has 0 bridgehead atoms. The van der Waals surface area contributed by atoms with Gasteiger partial charge in [0.05, 0.1) is 7.11 Å². The van der Waals surface area contributed by atoms with E-state index in [-0.39, 0.29) is 24.1 Å². The second-order valence-electron chi connectivity index (χ2n) is 5.05. The van der Waals surface area contributed by atoms with Crippen molar-refractivity contribution in [2.75, 3.05) is 7.11 Å². The summed E-state index contributed by atoms with van der Waals surface area (Å²) in [6, 6.07) is 7.36. The van der Waals surface area contributed by atoms with Crippen LogP contribution in [0, 0.1) is 5.92 Å². The number of hydrogen-bond acceptors (Lipinski definition) is 4. The van der Waals surface area contributed by atoms with Crippen LogP contribution in [-0.2, 0) is 9.53 Å². The van der Waals surface area contributed by atoms with Gasteiger partial charge in [0.15, 0.2) is 0 Å². The van der Waals surface area contributed by atoms with Crippen molar-refractivity contribution in [1.82, 2.24) is 0 Å². The van der Waals surface area contributed by atoms with E-state index in [9.17, 15) is 4.79 Å². The largest absolute Gasteiger partial charge is 0.497 e. The maximum absolute atomic E-state index is 11.5. The minimum Gasteiger partial charge on any atom is -0.497 e. The SMILES string of the molecule is CCC(=O)OC(C(C)C)C(C)Oc1ccc(OC)cc1. The van der Waals surface area contributed by atoms with Crippen LogP contribution in [0.4, 0.5) is 0 Å².